The third kappa shape index (κ3) is 5.74. The van der Waals surface area contributed by atoms with Gasteiger partial charge in [0.1, 0.15) is 5.82 Å². The number of rotatable bonds is 7. The van der Waals surface area contributed by atoms with Crippen molar-refractivity contribution in [3.8, 4) is 0 Å². The number of carbonyl (C=O) groups is 2. The minimum absolute atomic E-state index is 0.0230. The lowest BCUT2D eigenvalue weighted by Crippen LogP contribution is -2.33. The molecule has 2 aromatic rings. The van der Waals surface area contributed by atoms with Crippen LogP contribution in [0.25, 0.3) is 0 Å². The Kier molecular flexibility index (Phi) is 6.97. The summed E-state index contributed by atoms with van der Waals surface area (Å²) in [4.78, 5) is 23.3. The van der Waals surface area contributed by atoms with Gasteiger partial charge < -0.3 is 16.0 Å². The fourth-order valence-corrected chi connectivity index (χ4v) is 2.59. The van der Waals surface area contributed by atoms with E-state index in [-0.39, 0.29) is 30.1 Å². The Morgan fingerprint density at radius 1 is 1.15 bits per heavy atom. The van der Waals surface area contributed by atoms with Gasteiger partial charge in [0.05, 0.1) is 18.3 Å². The summed E-state index contributed by atoms with van der Waals surface area (Å²) in [6.07, 6.45) is 0.733. The molecule has 7 heteroatoms. The highest BCUT2D eigenvalue weighted by atomic mass is 35.5. The summed E-state index contributed by atoms with van der Waals surface area (Å²) in [5.41, 5.74) is 1.57. The SMILES string of the molecule is CCC(NC(=O)CNc1ccc(F)c(NC(C)=O)c1)c1ccc(Cl)cc1. The number of benzene rings is 2. The lowest BCUT2D eigenvalue weighted by molar-refractivity contribution is -0.120. The van der Waals surface area contributed by atoms with Gasteiger partial charge in [-0.15, -0.1) is 0 Å². The summed E-state index contributed by atoms with van der Waals surface area (Å²) in [5, 5.41) is 8.91. The first kappa shape index (κ1) is 19.7. The first-order valence-corrected chi connectivity index (χ1v) is 8.62. The molecule has 0 heterocycles. The highest BCUT2D eigenvalue weighted by Gasteiger charge is 2.13. The van der Waals surface area contributed by atoms with E-state index in [1.54, 1.807) is 12.1 Å². The summed E-state index contributed by atoms with van der Waals surface area (Å²) in [5.74, 6) is -1.10. The highest BCUT2D eigenvalue weighted by Crippen LogP contribution is 2.20. The number of hydrogen-bond acceptors (Lipinski definition) is 3. The van der Waals surface area contributed by atoms with Crippen molar-refractivity contribution in [1.82, 2.24) is 5.32 Å². The molecule has 0 saturated heterocycles. The number of anilines is 2. The summed E-state index contributed by atoms with van der Waals surface area (Å²) in [6.45, 7) is 3.30. The molecule has 2 aromatic carbocycles. The molecule has 0 saturated carbocycles. The average Bonchev–Trinajstić information content (AvgIpc) is 2.61. The van der Waals surface area contributed by atoms with Crippen molar-refractivity contribution in [1.29, 1.82) is 0 Å². The highest BCUT2D eigenvalue weighted by molar-refractivity contribution is 6.30. The zero-order chi connectivity index (χ0) is 19.1. The molecule has 0 aliphatic rings. The molecule has 1 atom stereocenters. The number of hydrogen-bond donors (Lipinski definition) is 3. The van der Waals surface area contributed by atoms with E-state index in [0.29, 0.717) is 10.7 Å². The maximum atomic E-state index is 13.6. The number of halogens is 2. The van der Waals surface area contributed by atoms with Crippen LogP contribution in [0.5, 0.6) is 0 Å². The van der Waals surface area contributed by atoms with Crippen molar-refractivity contribution in [3.05, 3.63) is 58.9 Å². The summed E-state index contributed by atoms with van der Waals surface area (Å²) in [6, 6.07) is 11.4. The zero-order valence-corrected chi connectivity index (χ0v) is 15.4. The van der Waals surface area contributed by atoms with Crippen LogP contribution >= 0.6 is 11.6 Å². The molecule has 0 radical (unpaired) electrons. The van der Waals surface area contributed by atoms with Crippen LogP contribution in [0.1, 0.15) is 31.9 Å². The van der Waals surface area contributed by atoms with Gasteiger partial charge in [-0.2, -0.15) is 0 Å². The Bertz CT molecular complexity index is 781. The largest absolute Gasteiger partial charge is 0.376 e. The van der Waals surface area contributed by atoms with E-state index in [1.807, 2.05) is 19.1 Å². The van der Waals surface area contributed by atoms with E-state index < -0.39 is 5.82 Å². The van der Waals surface area contributed by atoms with Crippen LogP contribution in [-0.2, 0) is 9.59 Å². The molecule has 2 rings (SSSR count). The third-order valence-corrected chi connectivity index (χ3v) is 4.00. The third-order valence-electron chi connectivity index (χ3n) is 3.75. The van der Waals surface area contributed by atoms with Gasteiger partial charge in [-0.05, 0) is 42.3 Å². The van der Waals surface area contributed by atoms with Crippen LogP contribution in [0.15, 0.2) is 42.5 Å². The number of carbonyl (C=O) groups excluding carboxylic acids is 2. The summed E-state index contributed by atoms with van der Waals surface area (Å²) >= 11 is 5.89. The molecule has 0 fully saturated rings. The van der Waals surface area contributed by atoms with Gasteiger partial charge in [0.2, 0.25) is 11.8 Å². The molecule has 26 heavy (non-hydrogen) atoms. The zero-order valence-electron chi connectivity index (χ0n) is 14.6. The maximum Gasteiger partial charge on any atom is 0.239 e. The molecule has 0 aliphatic carbocycles. The Morgan fingerprint density at radius 3 is 2.46 bits per heavy atom. The monoisotopic (exact) mass is 377 g/mol. The standard InChI is InChI=1S/C19H21ClFN3O2/c1-3-17(13-4-6-14(20)7-5-13)24-19(26)11-22-15-8-9-16(21)18(10-15)23-12(2)25/h4-10,17,22H,3,11H2,1-2H3,(H,23,25)(H,24,26). The molecule has 0 aromatic heterocycles. The number of amides is 2. The van der Waals surface area contributed by atoms with Crippen LogP contribution in [0.3, 0.4) is 0 Å². The van der Waals surface area contributed by atoms with Gasteiger partial charge >= 0.3 is 0 Å². The maximum absolute atomic E-state index is 13.6. The van der Waals surface area contributed by atoms with Gasteiger partial charge in [-0.1, -0.05) is 30.7 Å². The quantitative estimate of drug-likeness (QED) is 0.679. The van der Waals surface area contributed by atoms with Gasteiger partial charge in [0.15, 0.2) is 0 Å². The van der Waals surface area contributed by atoms with Crippen molar-refractivity contribution in [2.45, 2.75) is 26.3 Å². The lowest BCUT2D eigenvalue weighted by atomic mass is 10.0. The molecular formula is C19H21ClFN3O2. The normalized spacial score (nSPS) is 11.5. The number of nitrogens with one attached hydrogen (secondary N) is 3. The Morgan fingerprint density at radius 2 is 1.85 bits per heavy atom. The second-order valence-electron chi connectivity index (χ2n) is 5.81. The van der Waals surface area contributed by atoms with Crippen LogP contribution < -0.4 is 16.0 Å². The average molecular weight is 378 g/mol. The fourth-order valence-electron chi connectivity index (χ4n) is 2.46. The predicted octanol–water partition coefficient (Wildman–Crippen LogP) is 4.12. The molecule has 3 N–H and O–H groups in total. The van der Waals surface area contributed by atoms with Crippen molar-refractivity contribution in [2.24, 2.45) is 0 Å². The minimum Gasteiger partial charge on any atom is -0.376 e. The van der Waals surface area contributed by atoms with Crippen LogP contribution in [0.4, 0.5) is 15.8 Å². The van der Waals surface area contributed by atoms with Crippen LogP contribution in [0.2, 0.25) is 5.02 Å². The van der Waals surface area contributed by atoms with Crippen LogP contribution in [-0.4, -0.2) is 18.4 Å². The van der Waals surface area contributed by atoms with Crippen molar-refractivity contribution >= 4 is 34.8 Å². The van der Waals surface area contributed by atoms with Crippen molar-refractivity contribution in [2.75, 3.05) is 17.2 Å². The molecule has 0 bridgehead atoms. The van der Waals surface area contributed by atoms with E-state index >= 15 is 0 Å². The molecule has 0 aliphatic heterocycles. The first-order valence-electron chi connectivity index (χ1n) is 8.25. The van der Waals surface area contributed by atoms with Crippen molar-refractivity contribution < 1.29 is 14.0 Å². The Labute approximate surface area is 156 Å². The van der Waals surface area contributed by atoms with E-state index in [9.17, 15) is 14.0 Å². The second kappa shape index (κ2) is 9.20. The lowest BCUT2D eigenvalue weighted by Gasteiger charge is -2.18. The van der Waals surface area contributed by atoms with Gasteiger partial charge in [-0.25, -0.2) is 4.39 Å². The topological polar surface area (TPSA) is 70.2 Å². The smallest absolute Gasteiger partial charge is 0.239 e. The van der Waals surface area contributed by atoms with Crippen molar-refractivity contribution in [3.63, 3.8) is 0 Å². The van der Waals surface area contributed by atoms with Gasteiger partial charge in [0.25, 0.3) is 0 Å². The van der Waals surface area contributed by atoms with Crippen LogP contribution in [0, 0.1) is 5.82 Å². The minimum atomic E-state index is -0.538. The molecule has 5 nitrogen and oxygen atoms in total. The molecule has 2 amide bonds. The Hall–Kier alpha value is -2.60. The van der Waals surface area contributed by atoms with E-state index in [4.69, 9.17) is 11.6 Å². The molecule has 0 spiro atoms. The Balaban J connectivity index is 1.95. The van der Waals surface area contributed by atoms with Gasteiger partial charge in [0, 0.05) is 17.6 Å². The van der Waals surface area contributed by atoms with Gasteiger partial charge in [-0.3, -0.25) is 9.59 Å². The van der Waals surface area contributed by atoms with E-state index in [2.05, 4.69) is 16.0 Å². The fraction of sp³-hybridized carbons (Fsp3) is 0.263. The van der Waals surface area contributed by atoms with E-state index in [0.717, 1.165) is 12.0 Å². The first-order chi connectivity index (χ1) is 12.4. The second-order valence-corrected chi connectivity index (χ2v) is 6.25. The molecular weight excluding hydrogens is 357 g/mol. The molecule has 1 unspecified atom stereocenters. The predicted molar refractivity (Wildman–Crippen MR) is 102 cm³/mol. The summed E-state index contributed by atoms with van der Waals surface area (Å²) in [7, 11) is 0. The molecule has 138 valence electrons. The summed E-state index contributed by atoms with van der Waals surface area (Å²) < 4.78 is 13.6. The van der Waals surface area contributed by atoms with E-state index in [1.165, 1.54) is 25.1 Å².